The van der Waals surface area contributed by atoms with E-state index < -0.39 is 0 Å². The predicted octanol–water partition coefficient (Wildman–Crippen LogP) is 0.602. The lowest BCUT2D eigenvalue weighted by molar-refractivity contribution is 0.0707. The van der Waals surface area contributed by atoms with E-state index in [0.29, 0.717) is 18.9 Å². The van der Waals surface area contributed by atoms with Crippen LogP contribution in [0.15, 0.2) is 0 Å². The second kappa shape index (κ2) is 7.01. The highest BCUT2D eigenvalue weighted by molar-refractivity contribution is 5.90. The number of aromatic amines is 1. The van der Waals surface area contributed by atoms with Crippen molar-refractivity contribution < 1.29 is 9.90 Å². The van der Waals surface area contributed by atoms with Crippen molar-refractivity contribution in [1.82, 2.24) is 20.1 Å². The topological polar surface area (TPSA) is 82.1 Å². The monoisotopic (exact) mass is 240 g/mol. The van der Waals surface area contributed by atoms with E-state index in [-0.39, 0.29) is 18.3 Å². The van der Waals surface area contributed by atoms with Crippen molar-refractivity contribution >= 4 is 5.91 Å². The minimum absolute atomic E-state index is 0.0412. The van der Waals surface area contributed by atoms with Crippen molar-refractivity contribution in [2.75, 3.05) is 19.7 Å². The number of aliphatic hydroxyl groups is 1. The summed E-state index contributed by atoms with van der Waals surface area (Å²) in [7, 11) is 0. The fraction of sp³-hybridized carbons (Fsp3) is 0.727. The van der Waals surface area contributed by atoms with Crippen molar-refractivity contribution in [1.29, 1.82) is 0 Å². The first-order valence-electron chi connectivity index (χ1n) is 6.04. The van der Waals surface area contributed by atoms with Crippen molar-refractivity contribution in [3.63, 3.8) is 0 Å². The third-order valence-electron chi connectivity index (χ3n) is 2.50. The number of aliphatic hydroxyl groups excluding tert-OH is 1. The van der Waals surface area contributed by atoms with Gasteiger partial charge in [-0.05, 0) is 6.42 Å². The van der Waals surface area contributed by atoms with Gasteiger partial charge in [-0.1, -0.05) is 20.3 Å². The normalized spacial score (nSPS) is 10.5. The van der Waals surface area contributed by atoms with E-state index in [1.807, 2.05) is 6.92 Å². The molecule has 2 N–H and O–H groups in total. The van der Waals surface area contributed by atoms with Crippen molar-refractivity contribution in [2.24, 2.45) is 0 Å². The van der Waals surface area contributed by atoms with Crippen LogP contribution in [-0.2, 0) is 6.42 Å². The number of carbonyl (C=O) groups is 1. The molecule has 1 aromatic heterocycles. The smallest absolute Gasteiger partial charge is 0.293 e. The molecule has 96 valence electrons. The first kappa shape index (κ1) is 13.6. The minimum atomic E-state index is -0.219. The van der Waals surface area contributed by atoms with Crippen LogP contribution in [0.1, 0.15) is 43.1 Å². The van der Waals surface area contributed by atoms with Crippen LogP contribution in [-0.4, -0.2) is 50.8 Å². The van der Waals surface area contributed by atoms with E-state index in [4.69, 9.17) is 5.11 Å². The zero-order chi connectivity index (χ0) is 12.7. The summed E-state index contributed by atoms with van der Waals surface area (Å²) in [6.45, 7) is 4.92. The van der Waals surface area contributed by atoms with Crippen LogP contribution < -0.4 is 0 Å². The van der Waals surface area contributed by atoms with Gasteiger partial charge in [-0.2, -0.15) is 0 Å². The van der Waals surface area contributed by atoms with Crippen molar-refractivity contribution in [3.05, 3.63) is 11.6 Å². The van der Waals surface area contributed by atoms with Crippen LogP contribution in [0.25, 0.3) is 0 Å². The highest BCUT2D eigenvalue weighted by atomic mass is 16.3. The Morgan fingerprint density at radius 1 is 1.41 bits per heavy atom. The molecule has 1 aromatic rings. The quantitative estimate of drug-likeness (QED) is 0.731. The Kier molecular flexibility index (Phi) is 5.62. The summed E-state index contributed by atoms with van der Waals surface area (Å²) in [5, 5.41) is 15.5. The molecule has 0 saturated heterocycles. The Bertz CT molecular complexity index is 351. The molecule has 1 heterocycles. The highest BCUT2D eigenvalue weighted by Crippen LogP contribution is 2.02. The fourth-order valence-corrected chi connectivity index (χ4v) is 1.48. The number of amides is 1. The molecule has 0 unspecified atom stereocenters. The molecule has 0 aliphatic rings. The van der Waals surface area contributed by atoms with E-state index >= 15 is 0 Å². The molecule has 0 saturated carbocycles. The van der Waals surface area contributed by atoms with Crippen molar-refractivity contribution in [3.8, 4) is 0 Å². The minimum Gasteiger partial charge on any atom is -0.395 e. The Morgan fingerprint density at radius 2 is 2.18 bits per heavy atom. The largest absolute Gasteiger partial charge is 0.395 e. The predicted molar refractivity (Wildman–Crippen MR) is 63.7 cm³/mol. The number of nitrogens with zero attached hydrogens (tertiary/aromatic N) is 3. The van der Waals surface area contributed by atoms with Gasteiger partial charge in [0.25, 0.3) is 5.91 Å². The number of hydrogen-bond acceptors (Lipinski definition) is 4. The molecule has 0 fully saturated rings. The van der Waals surface area contributed by atoms with E-state index in [2.05, 4.69) is 22.1 Å². The maximum atomic E-state index is 12.0. The molecule has 1 amide bonds. The molecule has 6 heteroatoms. The molecule has 17 heavy (non-hydrogen) atoms. The Balaban J connectivity index is 2.68. The molecule has 0 bridgehead atoms. The lowest BCUT2D eigenvalue weighted by Crippen LogP contribution is -2.35. The molecule has 0 aliphatic heterocycles. The number of H-pyrrole nitrogens is 1. The van der Waals surface area contributed by atoms with E-state index in [0.717, 1.165) is 19.3 Å². The number of unbranched alkanes of at least 4 members (excludes halogenated alkanes) is 1. The van der Waals surface area contributed by atoms with Gasteiger partial charge in [0.2, 0.25) is 5.82 Å². The average Bonchev–Trinajstić information content (AvgIpc) is 2.82. The van der Waals surface area contributed by atoms with E-state index in [1.165, 1.54) is 0 Å². The van der Waals surface area contributed by atoms with E-state index in [9.17, 15) is 4.79 Å². The van der Waals surface area contributed by atoms with Gasteiger partial charge in [-0.3, -0.25) is 9.89 Å². The summed E-state index contributed by atoms with van der Waals surface area (Å²) < 4.78 is 0. The molecule has 1 rings (SSSR count). The number of aromatic nitrogens is 3. The van der Waals surface area contributed by atoms with Gasteiger partial charge in [0, 0.05) is 19.5 Å². The van der Waals surface area contributed by atoms with Gasteiger partial charge < -0.3 is 10.0 Å². The molecule has 0 atom stereocenters. The molecule has 6 nitrogen and oxygen atoms in total. The summed E-state index contributed by atoms with van der Waals surface area (Å²) in [6.07, 6.45) is 2.63. The summed E-state index contributed by atoms with van der Waals surface area (Å²) in [5.74, 6) is 0.669. The van der Waals surface area contributed by atoms with Gasteiger partial charge in [0.15, 0.2) is 0 Å². The summed E-state index contributed by atoms with van der Waals surface area (Å²) in [6, 6.07) is 0. The number of rotatable bonds is 7. The maximum Gasteiger partial charge on any atom is 0.293 e. The lowest BCUT2D eigenvalue weighted by atomic mass is 10.3. The molecular formula is C11H20N4O2. The third kappa shape index (κ3) is 3.81. The first-order chi connectivity index (χ1) is 8.22. The third-order valence-corrected chi connectivity index (χ3v) is 2.50. The molecule has 0 aliphatic carbocycles. The Labute approximate surface area is 101 Å². The van der Waals surface area contributed by atoms with Gasteiger partial charge in [-0.25, -0.2) is 4.98 Å². The summed E-state index contributed by atoms with van der Waals surface area (Å²) in [5.41, 5.74) is 0. The summed E-state index contributed by atoms with van der Waals surface area (Å²) in [4.78, 5) is 17.7. The zero-order valence-electron chi connectivity index (χ0n) is 10.4. The van der Waals surface area contributed by atoms with Gasteiger partial charge in [0.1, 0.15) is 5.82 Å². The summed E-state index contributed by atoms with van der Waals surface area (Å²) >= 11 is 0. The molecular weight excluding hydrogens is 220 g/mol. The van der Waals surface area contributed by atoms with E-state index in [1.54, 1.807) is 4.90 Å². The Morgan fingerprint density at radius 3 is 2.71 bits per heavy atom. The zero-order valence-corrected chi connectivity index (χ0v) is 10.4. The highest BCUT2D eigenvalue weighted by Gasteiger charge is 2.19. The Hall–Kier alpha value is -1.43. The van der Waals surface area contributed by atoms with Crippen LogP contribution >= 0.6 is 0 Å². The standard InChI is InChI=1S/C11H20N4O2/c1-3-5-6-15(7-8-16)11(17)10-12-9(4-2)13-14-10/h16H,3-8H2,1-2H3,(H,12,13,14). The second-order valence-corrected chi connectivity index (χ2v) is 3.83. The number of nitrogens with one attached hydrogen (secondary N) is 1. The molecule has 0 spiro atoms. The van der Waals surface area contributed by atoms with Gasteiger partial charge in [0.05, 0.1) is 6.61 Å². The lowest BCUT2D eigenvalue weighted by Gasteiger charge is -2.19. The van der Waals surface area contributed by atoms with Crippen LogP contribution in [0.2, 0.25) is 0 Å². The number of aryl methyl sites for hydroxylation is 1. The second-order valence-electron chi connectivity index (χ2n) is 3.83. The fourth-order valence-electron chi connectivity index (χ4n) is 1.48. The molecule has 0 aromatic carbocycles. The molecule has 0 radical (unpaired) electrons. The van der Waals surface area contributed by atoms with Crippen molar-refractivity contribution in [2.45, 2.75) is 33.1 Å². The van der Waals surface area contributed by atoms with Gasteiger partial charge >= 0.3 is 0 Å². The van der Waals surface area contributed by atoms with Crippen LogP contribution in [0, 0.1) is 0 Å². The van der Waals surface area contributed by atoms with Crippen LogP contribution in [0.5, 0.6) is 0 Å². The van der Waals surface area contributed by atoms with Crippen LogP contribution in [0.3, 0.4) is 0 Å². The number of carbonyl (C=O) groups excluding carboxylic acids is 1. The SMILES string of the molecule is CCCCN(CCO)C(=O)c1n[nH]c(CC)n1. The van der Waals surface area contributed by atoms with Gasteiger partial charge in [-0.15, -0.1) is 5.10 Å². The average molecular weight is 240 g/mol. The van der Waals surface area contributed by atoms with Crippen LogP contribution in [0.4, 0.5) is 0 Å². The first-order valence-corrected chi connectivity index (χ1v) is 6.04. The maximum absolute atomic E-state index is 12.0. The number of hydrogen-bond donors (Lipinski definition) is 2.